The topological polar surface area (TPSA) is 29.9 Å². The largest absolute Gasteiger partial charge is 0.307 e. The van der Waals surface area contributed by atoms with Crippen LogP contribution in [-0.4, -0.2) is 9.78 Å². The van der Waals surface area contributed by atoms with Crippen LogP contribution in [0.5, 0.6) is 0 Å². The third kappa shape index (κ3) is 1.47. The fourth-order valence-corrected chi connectivity index (χ4v) is 2.50. The van der Waals surface area contributed by atoms with Gasteiger partial charge in [-0.25, -0.2) is 9.07 Å². The molecule has 0 spiro atoms. The SMILES string of the molecule is Fc1ccc(-n2nc3c(c2Br)CNC3)cc1. The van der Waals surface area contributed by atoms with Gasteiger partial charge in [-0.2, -0.15) is 5.10 Å². The van der Waals surface area contributed by atoms with E-state index in [4.69, 9.17) is 0 Å². The Labute approximate surface area is 100 Å². The molecular formula is C11H9BrFN3. The molecule has 0 saturated heterocycles. The minimum Gasteiger partial charge on any atom is -0.307 e. The molecule has 0 fully saturated rings. The van der Waals surface area contributed by atoms with Crippen molar-refractivity contribution in [3.05, 3.63) is 45.9 Å². The standard InChI is InChI=1S/C11H9BrFN3/c12-11-9-5-14-6-10(9)15-16(11)8-3-1-7(13)2-4-8/h1-4,14H,5-6H2. The molecule has 82 valence electrons. The number of benzene rings is 1. The van der Waals surface area contributed by atoms with Gasteiger partial charge in [0, 0.05) is 18.7 Å². The lowest BCUT2D eigenvalue weighted by Gasteiger charge is -2.04. The fraction of sp³-hybridized carbons (Fsp3) is 0.182. The molecule has 1 aromatic carbocycles. The normalized spacial score (nSPS) is 14.1. The van der Waals surface area contributed by atoms with E-state index >= 15 is 0 Å². The van der Waals surface area contributed by atoms with Crippen molar-refractivity contribution in [3.8, 4) is 5.69 Å². The van der Waals surface area contributed by atoms with Gasteiger partial charge in [0.1, 0.15) is 10.4 Å². The summed E-state index contributed by atoms with van der Waals surface area (Å²) in [5, 5.41) is 7.71. The molecule has 16 heavy (non-hydrogen) atoms. The number of halogens is 2. The number of hydrogen-bond acceptors (Lipinski definition) is 2. The first-order valence-electron chi connectivity index (χ1n) is 4.98. The van der Waals surface area contributed by atoms with E-state index in [0.717, 1.165) is 29.1 Å². The van der Waals surface area contributed by atoms with Crippen molar-refractivity contribution in [1.82, 2.24) is 15.1 Å². The Bertz CT molecular complexity index is 533. The van der Waals surface area contributed by atoms with Crippen LogP contribution in [0.15, 0.2) is 28.9 Å². The summed E-state index contributed by atoms with van der Waals surface area (Å²) in [6.07, 6.45) is 0. The van der Waals surface area contributed by atoms with E-state index in [1.54, 1.807) is 16.8 Å². The molecule has 2 aromatic rings. The van der Waals surface area contributed by atoms with Gasteiger partial charge in [0.25, 0.3) is 0 Å². The molecule has 3 nitrogen and oxygen atoms in total. The third-order valence-electron chi connectivity index (χ3n) is 2.67. The average molecular weight is 282 g/mol. The molecule has 1 aromatic heterocycles. The Morgan fingerprint density at radius 2 is 2.00 bits per heavy atom. The molecule has 1 aliphatic rings. The summed E-state index contributed by atoms with van der Waals surface area (Å²) < 4.78 is 15.6. The molecule has 5 heteroatoms. The Hall–Kier alpha value is -1.20. The van der Waals surface area contributed by atoms with Crippen LogP contribution < -0.4 is 5.32 Å². The van der Waals surface area contributed by atoms with Crippen molar-refractivity contribution in [2.24, 2.45) is 0 Å². The summed E-state index contributed by atoms with van der Waals surface area (Å²) >= 11 is 3.52. The van der Waals surface area contributed by atoms with E-state index in [-0.39, 0.29) is 5.82 Å². The molecule has 0 saturated carbocycles. The molecule has 0 radical (unpaired) electrons. The van der Waals surface area contributed by atoms with Gasteiger partial charge in [-0.3, -0.25) is 0 Å². The highest BCUT2D eigenvalue weighted by atomic mass is 79.9. The molecule has 0 unspecified atom stereocenters. The predicted molar refractivity (Wildman–Crippen MR) is 61.8 cm³/mol. The zero-order valence-electron chi connectivity index (χ0n) is 8.37. The van der Waals surface area contributed by atoms with Gasteiger partial charge in [0.15, 0.2) is 0 Å². The van der Waals surface area contributed by atoms with Crippen molar-refractivity contribution >= 4 is 15.9 Å². The first-order valence-corrected chi connectivity index (χ1v) is 5.78. The van der Waals surface area contributed by atoms with Crippen molar-refractivity contribution in [2.75, 3.05) is 0 Å². The van der Waals surface area contributed by atoms with Crippen LogP contribution in [-0.2, 0) is 13.1 Å². The number of rotatable bonds is 1. The fourth-order valence-electron chi connectivity index (χ4n) is 1.85. The van der Waals surface area contributed by atoms with E-state index in [1.807, 2.05) is 0 Å². The molecular weight excluding hydrogens is 273 g/mol. The molecule has 3 rings (SSSR count). The quantitative estimate of drug-likeness (QED) is 0.870. The summed E-state index contributed by atoms with van der Waals surface area (Å²) in [5.74, 6) is -0.235. The minimum atomic E-state index is -0.235. The smallest absolute Gasteiger partial charge is 0.123 e. The van der Waals surface area contributed by atoms with Crippen LogP contribution in [0.1, 0.15) is 11.3 Å². The lowest BCUT2D eigenvalue weighted by molar-refractivity contribution is 0.626. The first-order chi connectivity index (χ1) is 7.75. The number of fused-ring (bicyclic) bond motifs is 1. The third-order valence-corrected chi connectivity index (χ3v) is 3.48. The number of nitrogens with one attached hydrogen (secondary N) is 1. The lowest BCUT2D eigenvalue weighted by atomic mass is 10.3. The van der Waals surface area contributed by atoms with Crippen molar-refractivity contribution in [3.63, 3.8) is 0 Å². The maximum Gasteiger partial charge on any atom is 0.123 e. The van der Waals surface area contributed by atoms with Crippen molar-refractivity contribution < 1.29 is 4.39 Å². The molecule has 0 bridgehead atoms. The van der Waals surface area contributed by atoms with E-state index < -0.39 is 0 Å². The first kappa shape index (κ1) is 9.99. The Morgan fingerprint density at radius 3 is 2.69 bits per heavy atom. The molecule has 1 aliphatic heterocycles. The monoisotopic (exact) mass is 281 g/mol. The van der Waals surface area contributed by atoms with Crippen LogP contribution in [0.4, 0.5) is 4.39 Å². The van der Waals surface area contributed by atoms with Gasteiger partial charge in [-0.05, 0) is 40.2 Å². The highest BCUT2D eigenvalue weighted by Crippen LogP contribution is 2.27. The van der Waals surface area contributed by atoms with Crippen LogP contribution in [0, 0.1) is 5.82 Å². The van der Waals surface area contributed by atoms with Gasteiger partial charge in [0.05, 0.1) is 11.4 Å². The number of hydrogen-bond donors (Lipinski definition) is 1. The summed E-state index contributed by atoms with van der Waals surface area (Å²) in [5.41, 5.74) is 3.10. The summed E-state index contributed by atoms with van der Waals surface area (Å²) in [6, 6.07) is 6.31. The predicted octanol–water partition coefficient (Wildman–Crippen LogP) is 2.38. The summed E-state index contributed by atoms with van der Waals surface area (Å²) in [7, 11) is 0. The van der Waals surface area contributed by atoms with Crippen LogP contribution in [0.25, 0.3) is 5.69 Å². The van der Waals surface area contributed by atoms with E-state index in [0.29, 0.717) is 0 Å². The van der Waals surface area contributed by atoms with Crippen LogP contribution >= 0.6 is 15.9 Å². The van der Waals surface area contributed by atoms with Gasteiger partial charge in [-0.1, -0.05) is 0 Å². The van der Waals surface area contributed by atoms with E-state index in [2.05, 4.69) is 26.3 Å². The zero-order chi connectivity index (χ0) is 11.1. The zero-order valence-corrected chi connectivity index (χ0v) is 9.96. The minimum absolute atomic E-state index is 0.235. The Balaban J connectivity index is 2.10. The molecule has 0 atom stereocenters. The maximum absolute atomic E-state index is 12.8. The molecule has 0 amide bonds. The van der Waals surface area contributed by atoms with E-state index in [9.17, 15) is 4.39 Å². The molecule has 1 N–H and O–H groups in total. The molecule has 0 aliphatic carbocycles. The second-order valence-electron chi connectivity index (χ2n) is 3.71. The molecule has 2 heterocycles. The second kappa shape index (κ2) is 3.68. The number of aromatic nitrogens is 2. The van der Waals surface area contributed by atoms with Crippen LogP contribution in [0.2, 0.25) is 0 Å². The van der Waals surface area contributed by atoms with Gasteiger partial charge in [-0.15, -0.1) is 0 Å². The van der Waals surface area contributed by atoms with Gasteiger partial charge in [0.2, 0.25) is 0 Å². The average Bonchev–Trinajstić information content (AvgIpc) is 2.84. The van der Waals surface area contributed by atoms with Crippen molar-refractivity contribution in [1.29, 1.82) is 0 Å². The number of nitrogens with zero attached hydrogens (tertiary/aromatic N) is 2. The van der Waals surface area contributed by atoms with Crippen molar-refractivity contribution in [2.45, 2.75) is 13.1 Å². The van der Waals surface area contributed by atoms with Crippen LogP contribution in [0.3, 0.4) is 0 Å². The summed E-state index contributed by atoms with van der Waals surface area (Å²) in [6.45, 7) is 1.62. The van der Waals surface area contributed by atoms with Gasteiger partial charge < -0.3 is 5.32 Å². The maximum atomic E-state index is 12.8. The van der Waals surface area contributed by atoms with E-state index in [1.165, 1.54) is 17.7 Å². The van der Waals surface area contributed by atoms with Gasteiger partial charge >= 0.3 is 0 Å². The Kier molecular flexibility index (Phi) is 2.29. The summed E-state index contributed by atoms with van der Waals surface area (Å²) in [4.78, 5) is 0. The Morgan fingerprint density at radius 1 is 1.25 bits per heavy atom. The lowest BCUT2D eigenvalue weighted by Crippen LogP contribution is -2.06. The highest BCUT2D eigenvalue weighted by molar-refractivity contribution is 9.10. The highest BCUT2D eigenvalue weighted by Gasteiger charge is 2.20. The second-order valence-corrected chi connectivity index (χ2v) is 4.46.